The smallest absolute Gasteiger partial charge is 0.310 e. The molecule has 0 bridgehead atoms. The number of hydrogen-bond donors (Lipinski definition) is 0. The number of nitrogens with zero attached hydrogens (tertiary/aromatic N) is 2. The van der Waals surface area contributed by atoms with Crippen molar-refractivity contribution in [2.75, 3.05) is 19.5 Å². The topological polar surface area (TPSA) is 79.7 Å². The maximum absolute atomic E-state index is 16.0. The molecule has 2 aromatic carbocycles. The summed E-state index contributed by atoms with van der Waals surface area (Å²) < 4.78 is 47.3. The number of rotatable bonds is 12. The minimum atomic E-state index is -1.12. The molecule has 230 valence electrons. The number of benzene rings is 2. The van der Waals surface area contributed by atoms with E-state index in [-0.39, 0.29) is 36.2 Å². The second-order valence-corrected chi connectivity index (χ2v) is 14.0. The number of pyridine rings is 1. The van der Waals surface area contributed by atoms with E-state index in [2.05, 4.69) is 29.5 Å². The lowest BCUT2D eigenvalue weighted by atomic mass is 9.98. The van der Waals surface area contributed by atoms with Crippen molar-refractivity contribution in [3.8, 4) is 22.6 Å². The van der Waals surface area contributed by atoms with Crippen molar-refractivity contribution >= 4 is 27.7 Å². The van der Waals surface area contributed by atoms with E-state index >= 15 is 4.39 Å². The van der Waals surface area contributed by atoms with Gasteiger partial charge in [-0.05, 0) is 83.0 Å². The van der Waals surface area contributed by atoms with Gasteiger partial charge in [-0.15, -0.1) is 0 Å². The first kappa shape index (κ1) is 32.2. The van der Waals surface area contributed by atoms with Crippen molar-refractivity contribution in [2.24, 2.45) is 0 Å². The normalized spacial score (nSPS) is 12.5. The molecule has 0 saturated heterocycles. The minimum absolute atomic E-state index is 0.0681. The van der Waals surface area contributed by atoms with Crippen LogP contribution in [0.25, 0.3) is 22.0 Å². The maximum atomic E-state index is 16.0. The molecule has 0 N–H and O–H groups in total. The van der Waals surface area contributed by atoms with Crippen LogP contribution in [-0.2, 0) is 39.8 Å². The van der Waals surface area contributed by atoms with E-state index in [0.29, 0.717) is 40.7 Å². The molecular weight excluding hydrogens is 567 g/mol. The first-order valence-electron chi connectivity index (χ1n) is 14.5. The monoisotopic (exact) mass is 608 g/mol. The van der Waals surface area contributed by atoms with Crippen molar-refractivity contribution in [1.82, 2.24) is 9.55 Å². The van der Waals surface area contributed by atoms with Crippen molar-refractivity contribution in [3.05, 3.63) is 77.5 Å². The van der Waals surface area contributed by atoms with E-state index in [4.69, 9.17) is 14.2 Å². The molecule has 0 fully saturated rings. The quantitative estimate of drug-likeness (QED) is 0.158. The lowest BCUT2D eigenvalue weighted by Gasteiger charge is -2.18. The Morgan fingerprint density at radius 3 is 2.53 bits per heavy atom. The standard InChI is InChI=1S/C34H41FN2O5S/c1-8-41-32(38)19-24-9-10-25(40-7)20-31(24)42-21-23-17-28(26-12-15-37(22(2)3)30(26)18-23)27-11-14-36-29(33(27)35)13-16-43(39)34(4,5)6/h9-12,14-15,17-18,20,22H,8,13,16,19,21H2,1-7H3/t43-/m1/s1. The van der Waals surface area contributed by atoms with Crippen molar-refractivity contribution in [2.45, 2.75) is 71.8 Å². The molecule has 1 atom stereocenters. The number of fused-ring (bicyclic) bond motifs is 1. The number of esters is 1. The number of halogens is 1. The summed E-state index contributed by atoms with van der Waals surface area (Å²) in [6.45, 7) is 12.2. The molecule has 0 spiro atoms. The van der Waals surface area contributed by atoms with Gasteiger partial charge in [0, 0.05) is 74.3 Å². The summed E-state index contributed by atoms with van der Waals surface area (Å²) in [5.74, 6) is 0.697. The average molecular weight is 609 g/mol. The fourth-order valence-corrected chi connectivity index (χ4v) is 5.90. The Bertz CT molecular complexity index is 1620. The van der Waals surface area contributed by atoms with Gasteiger partial charge >= 0.3 is 5.97 Å². The van der Waals surface area contributed by atoms with E-state index < -0.39 is 16.6 Å². The number of ether oxygens (including phenoxy) is 3. The maximum Gasteiger partial charge on any atom is 0.310 e. The lowest BCUT2D eigenvalue weighted by molar-refractivity contribution is -0.142. The van der Waals surface area contributed by atoms with Crippen LogP contribution in [0, 0.1) is 5.82 Å². The van der Waals surface area contributed by atoms with Gasteiger partial charge in [0.2, 0.25) is 0 Å². The Hall–Kier alpha value is -3.72. The molecule has 43 heavy (non-hydrogen) atoms. The Labute approximate surface area is 255 Å². The van der Waals surface area contributed by atoms with E-state index in [1.807, 2.05) is 39.1 Å². The summed E-state index contributed by atoms with van der Waals surface area (Å²) in [6, 6.07) is 13.2. The van der Waals surface area contributed by atoms with Gasteiger partial charge in [-0.25, -0.2) is 4.39 Å². The third kappa shape index (κ3) is 7.63. The summed E-state index contributed by atoms with van der Waals surface area (Å²) in [4.78, 5) is 16.5. The van der Waals surface area contributed by atoms with Crippen LogP contribution in [0.4, 0.5) is 4.39 Å². The Kier molecular flexibility index (Phi) is 10.3. The molecule has 0 amide bonds. The van der Waals surface area contributed by atoms with Crippen molar-refractivity contribution in [3.63, 3.8) is 0 Å². The number of carbonyl (C=O) groups excluding carboxylic acids is 1. The molecule has 9 heteroatoms. The van der Waals surface area contributed by atoms with Gasteiger partial charge in [-0.1, -0.05) is 6.07 Å². The zero-order valence-electron chi connectivity index (χ0n) is 26.0. The highest BCUT2D eigenvalue weighted by atomic mass is 32.2. The Morgan fingerprint density at radius 1 is 1.09 bits per heavy atom. The number of hydrogen-bond acceptors (Lipinski definition) is 6. The van der Waals surface area contributed by atoms with Crippen molar-refractivity contribution in [1.29, 1.82) is 0 Å². The predicted octanol–water partition coefficient (Wildman–Crippen LogP) is 7.21. The van der Waals surface area contributed by atoms with E-state index in [1.54, 1.807) is 44.5 Å². The summed E-state index contributed by atoms with van der Waals surface area (Å²) in [7, 11) is 0.452. The average Bonchev–Trinajstić information content (AvgIpc) is 3.39. The second-order valence-electron chi connectivity index (χ2n) is 11.7. The lowest BCUT2D eigenvalue weighted by Crippen LogP contribution is -2.25. The van der Waals surface area contributed by atoms with Crippen LogP contribution in [0.3, 0.4) is 0 Å². The summed E-state index contributed by atoms with van der Waals surface area (Å²) in [5, 5.41) is 0.913. The molecule has 0 saturated carbocycles. The van der Waals surface area contributed by atoms with Gasteiger partial charge in [0.25, 0.3) is 0 Å². The fraction of sp³-hybridized carbons (Fsp3) is 0.412. The SMILES string of the molecule is CCOC(=O)Cc1ccc(OC)cc1OCc1cc(-c2ccnc(CC[S@@](=O)C(C)(C)C)c2F)c2ccn(C(C)C)c2c1. The third-order valence-corrected chi connectivity index (χ3v) is 9.16. The molecule has 4 rings (SSSR count). The molecule has 0 unspecified atom stereocenters. The molecule has 7 nitrogen and oxygen atoms in total. The molecule has 0 radical (unpaired) electrons. The highest BCUT2D eigenvalue weighted by Crippen LogP contribution is 2.35. The Morgan fingerprint density at radius 2 is 1.86 bits per heavy atom. The number of methoxy groups -OCH3 is 1. The largest absolute Gasteiger partial charge is 0.497 e. The summed E-state index contributed by atoms with van der Waals surface area (Å²) in [5.41, 5.74) is 3.93. The van der Waals surface area contributed by atoms with Crippen LogP contribution in [-0.4, -0.2) is 43.9 Å². The second kappa shape index (κ2) is 13.7. The first-order valence-corrected chi connectivity index (χ1v) is 15.9. The van der Waals surface area contributed by atoms with Gasteiger partial charge in [-0.2, -0.15) is 0 Å². The summed E-state index contributed by atoms with van der Waals surface area (Å²) in [6.07, 6.45) is 3.97. The van der Waals surface area contributed by atoms with Crippen LogP contribution in [0.1, 0.15) is 64.4 Å². The van der Waals surface area contributed by atoms with Crippen LogP contribution >= 0.6 is 0 Å². The zero-order chi connectivity index (χ0) is 31.3. The van der Waals surface area contributed by atoms with Gasteiger partial charge in [-0.3, -0.25) is 14.0 Å². The van der Waals surface area contributed by atoms with E-state index in [0.717, 1.165) is 22.0 Å². The van der Waals surface area contributed by atoms with Crippen molar-refractivity contribution < 1.29 is 27.6 Å². The minimum Gasteiger partial charge on any atom is -0.497 e. The van der Waals surface area contributed by atoms with Crippen LogP contribution in [0.5, 0.6) is 11.5 Å². The van der Waals surface area contributed by atoms with Crippen LogP contribution in [0.15, 0.2) is 54.9 Å². The molecule has 0 aliphatic rings. The van der Waals surface area contributed by atoms with Gasteiger partial charge in [0.15, 0.2) is 5.82 Å². The van der Waals surface area contributed by atoms with Gasteiger partial charge < -0.3 is 18.8 Å². The highest BCUT2D eigenvalue weighted by Gasteiger charge is 2.22. The van der Waals surface area contributed by atoms with Gasteiger partial charge in [0.1, 0.15) is 18.1 Å². The number of aromatic nitrogens is 2. The third-order valence-electron chi connectivity index (χ3n) is 7.22. The van der Waals surface area contributed by atoms with E-state index in [9.17, 15) is 9.00 Å². The molecule has 0 aliphatic heterocycles. The van der Waals surface area contributed by atoms with Crippen LogP contribution in [0.2, 0.25) is 0 Å². The van der Waals surface area contributed by atoms with E-state index in [1.165, 1.54) is 0 Å². The highest BCUT2D eigenvalue weighted by molar-refractivity contribution is 7.86. The number of aryl methyl sites for hydroxylation is 1. The fourth-order valence-electron chi connectivity index (χ4n) is 4.91. The Balaban J connectivity index is 1.73. The predicted molar refractivity (Wildman–Crippen MR) is 170 cm³/mol. The molecule has 2 aromatic heterocycles. The molecule has 0 aliphatic carbocycles. The van der Waals surface area contributed by atoms with Crippen LogP contribution < -0.4 is 9.47 Å². The molecule has 2 heterocycles. The summed E-state index contributed by atoms with van der Waals surface area (Å²) >= 11 is 0. The molecular formula is C34H41FN2O5S. The molecule has 4 aromatic rings. The zero-order valence-corrected chi connectivity index (χ0v) is 26.8. The van der Waals surface area contributed by atoms with Gasteiger partial charge in [0.05, 0.1) is 25.8 Å². The number of carbonyl (C=O) groups is 1. The first-order chi connectivity index (χ1) is 20.4.